The highest BCUT2D eigenvalue weighted by molar-refractivity contribution is 9.11. The smallest absolute Gasteiger partial charge is 0.246 e. The molecular weight excluding hydrogens is 620 g/mol. The summed E-state index contributed by atoms with van der Waals surface area (Å²) in [5.41, 5.74) is 3.97. The van der Waals surface area contributed by atoms with E-state index >= 15 is 0 Å². The van der Waals surface area contributed by atoms with E-state index in [9.17, 15) is 0 Å². The maximum atomic E-state index is 6.54. The molecule has 2 aliphatic rings. The van der Waals surface area contributed by atoms with E-state index in [1.807, 2.05) is 71.7 Å². The van der Waals surface area contributed by atoms with Gasteiger partial charge in [-0.2, -0.15) is 5.10 Å². The molecule has 0 fully saturated rings. The van der Waals surface area contributed by atoms with Crippen molar-refractivity contribution in [3.63, 3.8) is 0 Å². The molecule has 0 bridgehead atoms. The molecule has 186 valence electrons. The Bertz CT molecular complexity index is 1520. The van der Waals surface area contributed by atoms with Gasteiger partial charge in [0.2, 0.25) is 6.23 Å². The van der Waals surface area contributed by atoms with E-state index in [2.05, 4.69) is 44.5 Å². The lowest BCUT2D eigenvalue weighted by atomic mass is 9.96. The molecule has 4 aromatic rings. The van der Waals surface area contributed by atoms with Gasteiger partial charge in [-0.15, -0.1) is 0 Å². The number of hydrogen-bond acceptors (Lipinski definition) is 5. The van der Waals surface area contributed by atoms with Gasteiger partial charge in [-0.3, -0.25) is 0 Å². The molecule has 0 spiro atoms. The monoisotopic (exact) mass is 638 g/mol. The van der Waals surface area contributed by atoms with Crippen LogP contribution in [0.25, 0.3) is 11.3 Å². The normalized spacial score (nSPS) is 18.0. The fraction of sp³-hybridized carbons (Fsp3) is 0.138. The van der Waals surface area contributed by atoms with E-state index in [0.717, 1.165) is 55.0 Å². The number of ether oxygens (including phenoxy) is 2. The van der Waals surface area contributed by atoms with Crippen molar-refractivity contribution in [1.29, 1.82) is 0 Å². The number of halogens is 3. The molecule has 0 aliphatic carbocycles. The van der Waals surface area contributed by atoms with Crippen LogP contribution in [0.2, 0.25) is 5.02 Å². The van der Waals surface area contributed by atoms with E-state index in [1.54, 1.807) is 6.08 Å². The maximum absolute atomic E-state index is 6.54. The Morgan fingerprint density at radius 1 is 1.05 bits per heavy atom. The van der Waals surface area contributed by atoms with Gasteiger partial charge in [-0.1, -0.05) is 52.3 Å². The Labute approximate surface area is 236 Å². The summed E-state index contributed by atoms with van der Waals surface area (Å²) < 4.78 is 20.3. The lowest BCUT2D eigenvalue weighted by Crippen LogP contribution is -2.33. The number of rotatable bonds is 6. The summed E-state index contributed by atoms with van der Waals surface area (Å²) in [6.45, 7) is 4.17. The Balaban J connectivity index is 1.38. The molecular formula is C29H21Br2ClN2O3. The molecule has 37 heavy (non-hydrogen) atoms. The van der Waals surface area contributed by atoms with Crippen LogP contribution in [0.3, 0.4) is 0 Å². The molecule has 0 saturated carbocycles. The van der Waals surface area contributed by atoms with Gasteiger partial charge in [0.1, 0.15) is 23.9 Å². The molecule has 5 nitrogen and oxygen atoms in total. The Morgan fingerprint density at radius 3 is 2.68 bits per heavy atom. The molecule has 3 heterocycles. The van der Waals surface area contributed by atoms with Crippen LogP contribution in [0, 0.1) is 0 Å². The first-order chi connectivity index (χ1) is 18.0. The van der Waals surface area contributed by atoms with Crippen LogP contribution in [0.4, 0.5) is 0 Å². The van der Waals surface area contributed by atoms with E-state index in [0.29, 0.717) is 17.4 Å². The third-order valence-corrected chi connectivity index (χ3v) is 7.62. The lowest BCUT2D eigenvalue weighted by Gasteiger charge is -2.37. The molecule has 0 amide bonds. The van der Waals surface area contributed by atoms with Crippen molar-refractivity contribution in [2.75, 3.05) is 6.61 Å². The summed E-state index contributed by atoms with van der Waals surface area (Å²) in [5, 5.41) is 7.69. The lowest BCUT2D eigenvalue weighted by molar-refractivity contribution is -0.0328. The van der Waals surface area contributed by atoms with Gasteiger partial charge in [-0.05, 0) is 82.2 Å². The van der Waals surface area contributed by atoms with Crippen LogP contribution in [0.1, 0.15) is 35.6 Å². The highest BCUT2D eigenvalue weighted by atomic mass is 79.9. The first kappa shape index (κ1) is 24.3. The van der Waals surface area contributed by atoms with Crippen molar-refractivity contribution in [3.05, 3.63) is 116 Å². The van der Waals surface area contributed by atoms with Gasteiger partial charge in [0.15, 0.2) is 5.76 Å². The topological polar surface area (TPSA) is 47.2 Å². The molecule has 2 aliphatic heterocycles. The quantitative estimate of drug-likeness (QED) is 0.198. The molecule has 1 aromatic heterocycles. The summed E-state index contributed by atoms with van der Waals surface area (Å²) in [4.78, 5) is 0. The Morgan fingerprint density at radius 2 is 1.89 bits per heavy atom. The number of nitrogens with zero attached hydrogens (tertiary/aromatic N) is 2. The molecule has 2 unspecified atom stereocenters. The Hall–Kier alpha value is -3.00. The molecule has 3 aromatic carbocycles. The van der Waals surface area contributed by atoms with Crippen LogP contribution in [0.5, 0.6) is 11.5 Å². The summed E-state index contributed by atoms with van der Waals surface area (Å²) in [7, 11) is 0. The third kappa shape index (κ3) is 4.72. The van der Waals surface area contributed by atoms with Gasteiger partial charge in [0.25, 0.3) is 0 Å². The highest BCUT2D eigenvalue weighted by Gasteiger charge is 2.43. The fourth-order valence-corrected chi connectivity index (χ4v) is 6.20. The molecule has 2 atom stereocenters. The summed E-state index contributed by atoms with van der Waals surface area (Å²) in [5.74, 6) is 2.97. The van der Waals surface area contributed by atoms with Crippen molar-refractivity contribution >= 4 is 49.2 Å². The first-order valence-corrected chi connectivity index (χ1v) is 13.7. The largest absolute Gasteiger partial charge is 0.490 e. The minimum absolute atomic E-state index is 0.0195. The standard InChI is InChI=1S/C29H21Br2ClN2O3/c1-2-12-35-21-8-6-17(7-9-21)24-16-25-22-14-19(30)15-23(31)28(22)37-29(34(25)33-24)27-11-10-26(36-27)18-4-3-5-20(32)13-18/h2-11,13-15,25,29H,1,12,16H2. The van der Waals surface area contributed by atoms with Crippen molar-refractivity contribution in [3.8, 4) is 22.8 Å². The van der Waals surface area contributed by atoms with Crippen LogP contribution in [0.15, 0.2) is 104 Å². The maximum Gasteiger partial charge on any atom is 0.246 e. The summed E-state index contributed by atoms with van der Waals surface area (Å²) >= 11 is 13.5. The van der Waals surface area contributed by atoms with Crippen molar-refractivity contribution in [1.82, 2.24) is 5.01 Å². The molecule has 0 saturated heterocycles. The Kier molecular flexibility index (Phi) is 6.61. The van der Waals surface area contributed by atoms with Gasteiger partial charge >= 0.3 is 0 Å². The zero-order valence-corrected chi connectivity index (χ0v) is 23.5. The second kappa shape index (κ2) is 10.0. The highest BCUT2D eigenvalue weighted by Crippen LogP contribution is 2.51. The first-order valence-electron chi connectivity index (χ1n) is 11.7. The number of benzene rings is 3. The molecule has 8 heteroatoms. The third-order valence-electron chi connectivity index (χ3n) is 6.34. The van der Waals surface area contributed by atoms with E-state index in [4.69, 9.17) is 30.6 Å². The number of furan rings is 1. The zero-order chi connectivity index (χ0) is 25.5. The van der Waals surface area contributed by atoms with E-state index in [-0.39, 0.29) is 6.04 Å². The number of hydrogen-bond donors (Lipinski definition) is 0. The van der Waals surface area contributed by atoms with Gasteiger partial charge in [0.05, 0.1) is 16.2 Å². The second-order valence-electron chi connectivity index (χ2n) is 8.76. The SMILES string of the molecule is C=CCOc1ccc(C2=NN3C(C2)c2cc(Br)cc(Br)c2OC3c2ccc(-c3cccc(Cl)c3)o2)cc1. The van der Waals surface area contributed by atoms with Gasteiger partial charge in [0, 0.05) is 27.0 Å². The summed E-state index contributed by atoms with van der Waals surface area (Å²) in [6.07, 6.45) is 1.92. The minimum Gasteiger partial charge on any atom is -0.490 e. The predicted molar refractivity (Wildman–Crippen MR) is 152 cm³/mol. The van der Waals surface area contributed by atoms with Crippen molar-refractivity contribution in [2.45, 2.75) is 18.7 Å². The van der Waals surface area contributed by atoms with Gasteiger partial charge in [-0.25, -0.2) is 5.01 Å². The van der Waals surface area contributed by atoms with E-state index in [1.165, 1.54) is 0 Å². The van der Waals surface area contributed by atoms with Crippen LogP contribution >= 0.6 is 43.5 Å². The average molecular weight is 641 g/mol. The van der Waals surface area contributed by atoms with Crippen molar-refractivity contribution < 1.29 is 13.9 Å². The minimum atomic E-state index is -0.532. The molecule has 0 radical (unpaired) electrons. The predicted octanol–water partition coefficient (Wildman–Crippen LogP) is 8.93. The zero-order valence-electron chi connectivity index (χ0n) is 19.5. The fourth-order valence-electron chi connectivity index (χ4n) is 4.66. The summed E-state index contributed by atoms with van der Waals surface area (Å²) in [6, 6.07) is 23.5. The van der Waals surface area contributed by atoms with Crippen LogP contribution in [-0.2, 0) is 0 Å². The van der Waals surface area contributed by atoms with Crippen LogP contribution in [-0.4, -0.2) is 17.3 Å². The number of fused-ring (bicyclic) bond motifs is 3. The van der Waals surface area contributed by atoms with Crippen LogP contribution < -0.4 is 9.47 Å². The van der Waals surface area contributed by atoms with Gasteiger partial charge < -0.3 is 13.9 Å². The molecule has 0 N–H and O–H groups in total. The average Bonchev–Trinajstić information content (AvgIpc) is 3.56. The molecule has 6 rings (SSSR count). The van der Waals surface area contributed by atoms with E-state index < -0.39 is 6.23 Å². The number of hydrazone groups is 1. The van der Waals surface area contributed by atoms with Crippen molar-refractivity contribution in [2.24, 2.45) is 5.10 Å². The second-order valence-corrected chi connectivity index (χ2v) is 11.0.